The average Bonchev–Trinajstić information content (AvgIpc) is 2.99. The lowest BCUT2D eigenvalue weighted by molar-refractivity contribution is -0.121. The number of hydrazine groups is 1. The van der Waals surface area contributed by atoms with E-state index in [1.807, 2.05) is 6.92 Å². The van der Waals surface area contributed by atoms with Gasteiger partial charge < -0.3 is 0 Å². The maximum atomic E-state index is 12.4. The Hall–Kier alpha value is -1.94. The predicted octanol–water partition coefficient (Wildman–Crippen LogP) is 1.79. The summed E-state index contributed by atoms with van der Waals surface area (Å²) in [5, 5.41) is 0. The van der Waals surface area contributed by atoms with Gasteiger partial charge >= 0.3 is 0 Å². The van der Waals surface area contributed by atoms with Crippen molar-refractivity contribution in [1.82, 2.24) is 15.2 Å². The van der Waals surface area contributed by atoms with Crippen LogP contribution in [0.4, 0.5) is 0 Å². The molecule has 0 aliphatic rings. The number of carbonyl (C=O) groups is 2. The number of aryl methyl sites for hydroxylation is 1. The van der Waals surface area contributed by atoms with E-state index in [1.54, 1.807) is 18.2 Å². The van der Waals surface area contributed by atoms with E-state index in [0.717, 1.165) is 21.2 Å². The molecule has 0 saturated heterocycles. The highest BCUT2D eigenvalue weighted by molar-refractivity contribution is 7.89. The highest BCUT2D eigenvalue weighted by Crippen LogP contribution is 2.20. The standard InChI is InChI=1S/C15H16ClN3O4S2/c1-10-3-5-11(6-4-10)25(22,23)19(2)9-14(20)17-18-15(21)12-7-8-13(16)24-12/h3-8H,9H2,1-2H3,(H,17,20)(H,18,21). The number of carbonyl (C=O) groups excluding carboxylic acids is 2. The van der Waals surface area contributed by atoms with E-state index < -0.39 is 28.4 Å². The predicted molar refractivity (Wildman–Crippen MR) is 95.9 cm³/mol. The SMILES string of the molecule is Cc1ccc(S(=O)(=O)N(C)CC(=O)NNC(=O)c2ccc(Cl)s2)cc1. The van der Waals surface area contributed by atoms with Gasteiger partial charge in [0.2, 0.25) is 10.0 Å². The zero-order valence-electron chi connectivity index (χ0n) is 13.4. The van der Waals surface area contributed by atoms with Crippen molar-refractivity contribution in [1.29, 1.82) is 0 Å². The Labute approximate surface area is 154 Å². The van der Waals surface area contributed by atoms with Crippen molar-refractivity contribution >= 4 is 44.8 Å². The van der Waals surface area contributed by atoms with Gasteiger partial charge in [-0.3, -0.25) is 20.4 Å². The first-order valence-corrected chi connectivity index (χ1v) is 9.71. The van der Waals surface area contributed by atoms with Crippen molar-refractivity contribution < 1.29 is 18.0 Å². The third kappa shape index (κ3) is 5.02. The molecule has 0 unspecified atom stereocenters. The number of thiophene rings is 1. The van der Waals surface area contributed by atoms with Gasteiger partial charge in [0, 0.05) is 7.05 Å². The highest BCUT2D eigenvalue weighted by atomic mass is 35.5. The van der Waals surface area contributed by atoms with Crippen LogP contribution in [-0.2, 0) is 14.8 Å². The normalized spacial score (nSPS) is 11.4. The van der Waals surface area contributed by atoms with Crippen LogP contribution in [0.1, 0.15) is 15.2 Å². The molecule has 2 rings (SSSR count). The van der Waals surface area contributed by atoms with E-state index in [9.17, 15) is 18.0 Å². The summed E-state index contributed by atoms with van der Waals surface area (Å²) in [6.45, 7) is 1.40. The maximum Gasteiger partial charge on any atom is 0.279 e. The summed E-state index contributed by atoms with van der Waals surface area (Å²) in [5.41, 5.74) is 5.31. The zero-order valence-corrected chi connectivity index (χ0v) is 15.8. The molecule has 7 nitrogen and oxygen atoms in total. The van der Waals surface area contributed by atoms with Gasteiger partial charge in [-0.25, -0.2) is 8.42 Å². The van der Waals surface area contributed by atoms with Gasteiger partial charge in [-0.15, -0.1) is 11.3 Å². The molecule has 0 aliphatic heterocycles. The van der Waals surface area contributed by atoms with Gasteiger partial charge in [-0.05, 0) is 31.2 Å². The minimum atomic E-state index is -3.79. The number of hydrogen-bond donors (Lipinski definition) is 2. The molecule has 1 aromatic carbocycles. The van der Waals surface area contributed by atoms with Crippen LogP contribution < -0.4 is 10.9 Å². The van der Waals surface area contributed by atoms with E-state index in [4.69, 9.17) is 11.6 Å². The van der Waals surface area contributed by atoms with Gasteiger partial charge in [0.1, 0.15) is 0 Å². The largest absolute Gasteiger partial charge is 0.279 e. The molecule has 2 amide bonds. The van der Waals surface area contributed by atoms with Gasteiger partial charge in [0.05, 0.1) is 20.7 Å². The molecule has 1 heterocycles. The zero-order chi connectivity index (χ0) is 18.6. The molecular formula is C15H16ClN3O4S2. The molecule has 25 heavy (non-hydrogen) atoms. The fraction of sp³-hybridized carbons (Fsp3) is 0.200. The average molecular weight is 402 g/mol. The lowest BCUT2D eigenvalue weighted by Gasteiger charge is -2.17. The number of benzene rings is 1. The van der Waals surface area contributed by atoms with Crippen molar-refractivity contribution in [2.75, 3.05) is 13.6 Å². The van der Waals surface area contributed by atoms with Gasteiger partial charge in [0.15, 0.2) is 0 Å². The van der Waals surface area contributed by atoms with Crippen LogP contribution in [-0.4, -0.2) is 38.1 Å². The molecule has 0 spiro atoms. The second kappa shape index (κ2) is 7.96. The summed E-state index contributed by atoms with van der Waals surface area (Å²) in [6.07, 6.45) is 0. The Morgan fingerprint density at radius 1 is 1.12 bits per heavy atom. The first-order chi connectivity index (χ1) is 11.7. The Kier molecular flexibility index (Phi) is 6.17. The first kappa shape index (κ1) is 19.4. The molecule has 1 aromatic heterocycles. The summed E-state index contributed by atoms with van der Waals surface area (Å²) in [4.78, 5) is 24.1. The lowest BCUT2D eigenvalue weighted by Crippen LogP contribution is -2.46. The maximum absolute atomic E-state index is 12.4. The summed E-state index contributed by atoms with van der Waals surface area (Å²) in [7, 11) is -2.51. The number of likely N-dealkylation sites (N-methyl/N-ethyl adjacent to an activating group) is 1. The second-order valence-corrected chi connectivity index (χ2v) is 8.94. The minimum absolute atomic E-state index is 0.0886. The van der Waals surface area contributed by atoms with Crippen molar-refractivity contribution in [3.05, 3.63) is 51.2 Å². The summed E-state index contributed by atoms with van der Waals surface area (Å²) >= 11 is 6.79. The molecule has 134 valence electrons. The van der Waals surface area contributed by atoms with Gasteiger partial charge in [-0.2, -0.15) is 4.31 Å². The van der Waals surface area contributed by atoms with Crippen molar-refractivity contribution in [3.63, 3.8) is 0 Å². The number of rotatable bonds is 5. The molecule has 0 radical (unpaired) electrons. The van der Waals surface area contributed by atoms with E-state index in [-0.39, 0.29) is 4.90 Å². The van der Waals surface area contributed by atoms with Crippen LogP contribution in [0.2, 0.25) is 4.34 Å². The van der Waals surface area contributed by atoms with E-state index in [2.05, 4.69) is 10.9 Å². The van der Waals surface area contributed by atoms with Gasteiger partial charge in [-0.1, -0.05) is 29.3 Å². The monoisotopic (exact) mass is 401 g/mol. The highest BCUT2D eigenvalue weighted by Gasteiger charge is 2.23. The number of hydrogen-bond acceptors (Lipinski definition) is 5. The summed E-state index contributed by atoms with van der Waals surface area (Å²) in [6, 6.07) is 9.37. The van der Waals surface area contributed by atoms with Crippen molar-refractivity contribution in [3.8, 4) is 0 Å². The molecule has 0 bridgehead atoms. The third-order valence-corrected chi connectivity index (χ3v) is 6.26. The fourth-order valence-electron chi connectivity index (χ4n) is 1.84. The molecular weight excluding hydrogens is 386 g/mol. The lowest BCUT2D eigenvalue weighted by atomic mass is 10.2. The van der Waals surface area contributed by atoms with Crippen LogP contribution in [0.25, 0.3) is 0 Å². The summed E-state index contributed by atoms with van der Waals surface area (Å²) in [5.74, 6) is -1.21. The van der Waals surface area contributed by atoms with Crippen LogP contribution >= 0.6 is 22.9 Å². The van der Waals surface area contributed by atoms with E-state index >= 15 is 0 Å². The quantitative estimate of drug-likeness (QED) is 0.746. The number of nitrogens with one attached hydrogen (secondary N) is 2. The van der Waals surface area contributed by atoms with Crippen LogP contribution in [0.15, 0.2) is 41.3 Å². The van der Waals surface area contributed by atoms with E-state index in [1.165, 1.54) is 25.2 Å². The topological polar surface area (TPSA) is 95.6 Å². The molecule has 2 aromatic rings. The second-order valence-electron chi connectivity index (χ2n) is 5.18. The number of nitrogens with zero attached hydrogens (tertiary/aromatic N) is 1. The Morgan fingerprint density at radius 2 is 1.76 bits per heavy atom. The van der Waals surface area contributed by atoms with Crippen molar-refractivity contribution in [2.24, 2.45) is 0 Å². The molecule has 10 heteroatoms. The van der Waals surface area contributed by atoms with E-state index in [0.29, 0.717) is 9.21 Å². The van der Waals surface area contributed by atoms with Crippen molar-refractivity contribution in [2.45, 2.75) is 11.8 Å². The van der Waals surface area contributed by atoms with Crippen LogP contribution in [0, 0.1) is 6.92 Å². The number of halogens is 1. The third-order valence-electron chi connectivity index (χ3n) is 3.21. The molecule has 0 atom stereocenters. The van der Waals surface area contributed by atoms with Gasteiger partial charge in [0.25, 0.3) is 11.8 Å². The molecule has 0 aliphatic carbocycles. The Morgan fingerprint density at radius 3 is 2.32 bits per heavy atom. The molecule has 2 N–H and O–H groups in total. The Balaban J connectivity index is 1.93. The van der Waals surface area contributed by atoms with Crippen LogP contribution in [0.3, 0.4) is 0 Å². The summed E-state index contributed by atoms with van der Waals surface area (Å²) < 4.78 is 26.1. The molecule has 0 saturated carbocycles. The smallest absolute Gasteiger partial charge is 0.272 e. The fourth-order valence-corrected chi connectivity index (χ4v) is 3.91. The first-order valence-electron chi connectivity index (χ1n) is 7.07. The minimum Gasteiger partial charge on any atom is -0.272 e. The number of amides is 2. The molecule has 0 fully saturated rings. The number of sulfonamides is 1. The van der Waals surface area contributed by atoms with Crippen LogP contribution in [0.5, 0.6) is 0 Å². The Bertz CT molecular complexity index is 878.